The van der Waals surface area contributed by atoms with Crippen LogP contribution in [-0.4, -0.2) is 96.5 Å². The number of nitrogen functional groups attached to an aromatic ring is 2. The van der Waals surface area contributed by atoms with Crippen LogP contribution < -0.4 is 11.5 Å². The highest BCUT2D eigenvalue weighted by Gasteiger charge is 2.28. The van der Waals surface area contributed by atoms with Crippen molar-refractivity contribution in [3.05, 3.63) is 192 Å². The van der Waals surface area contributed by atoms with Gasteiger partial charge in [-0.3, -0.25) is 0 Å². The van der Waals surface area contributed by atoms with Gasteiger partial charge < -0.3 is 40.3 Å². The third-order valence-corrected chi connectivity index (χ3v) is 13.8. The van der Waals surface area contributed by atoms with Gasteiger partial charge in [-0.15, -0.1) is 0 Å². The van der Waals surface area contributed by atoms with Crippen LogP contribution in [0.3, 0.4) is 0 Å². The summed E-state index contributed by atoms with van der Waals surface area (Å²) in [5.74, 6) is -1.08. The summed E-state index contributed by atoms with van der Waals surface area (Å²) in [6, 6.07) is 40.7. The first-order valence-electron chi connectivity index (χ1n) is 25.3. The molecule has 6 N–H and O–H groups in total. The number of rotatable bonds is 12. The quantitative estimate of drug-likeness (QED) is 0.0905. The average Bonchev–Trinajstić information content (AvgIpc) is 4.38. The summed E-state index contributed by atoms with van der Waals surface area (Å²) in [4.78, 5) is 21.7. The zero-order valence-electron chi connectivity index (χ0n) is 43.8. The van der Waals surface area contributed by atoms with Gasteiger partial charge in [0.05, 0.1) is 34.2 Å². The molecule has 0 saturated carbocycles. The van der Waals surface area contributed by atoms with E-state index in [1.807, 2.05) is 24.3 Å². The zero-order valence-corrected chi connectivity index (χ0v) is 43.8. The van der Waals surface area contributed by atoms with E-state index in [9.17, 15) is 19.0 Å². The van der Waals surface area contributed by atoms with Gasteiger partial charge >= 0.3 is 0 Å². The first kappa shape index (κ1) is 50.6. The Morgan fingerprint density at radius 2 is 0.923 bits per heavy atom. The number of benzene rings is 4. The Morgan fingerprint density at radius 1 is 0.500 bits per heavy atom. The van der Waals surface area contributed by atoms with Crippen LogP contribution in [0.25, 0.3) is 78.1 Å². The van der Waals surface area contributed by atoms with Gasteiger partial charge in [0, 0.05) is 70.9 Å². The van der Waals surface area contributed by atoms with E-state index in [0.29, 0.717) is 44.6 Å². The largest absolute Gasteiger partial charge is 0.508 e. The average molecular weight is 1040 g/mol. The summed E-state index contributed by atoms with van der Waals surface area (Å²) in [7, 11) is 8.22. The van der Waals surface area contributed by atoms with Crippen LogP contribution in [0.2, 0.25) is 0 Å². The minimum absolute atomic E-state index is 0.199. The molecule has 12 aromatic rings. The molecule has 0 aliphatic carbocycles. The molecular formula is C60H56F2N14O2. The predicted molar refractivity (Wildman–Crippen MR) is 302 cm³/mol. The Bertz CT molecular complexity index is 3910. The number of anilines is 2. The molecule has 0 spiro atoms. The standard InChI is InChI=1S/2C30H28FN7O/c2*1-18(38-30-26(29(32)33-17-34-30)27(35-38)21-12-22(31)14-24(39)13-21)25-15-23-9-4-5-10-37(23)28(25)20-8-6-7-19(11-20)16-36(2)3/h2*4-15,17-18,39H,16H2,1-3H3,(H2,32,33,34)/t2*18-/m10/s1. The first-order valence-corrected chi connectivity index (χ1v) is 25.3. The number of fused-ring (bicyclic) bond motifs is 4. The SMILES string of the molecule is C[C@@H](c1cc2ccccn2c1-c1cccc(CN(C)C)c1)n1nc(-c2cc(O)cc(F)c2)c2c(N)ncnc21.C[C@H](c1cc2ccccn2c1-c1cccc(CN(C)C)c1)n1nc(-c2cc(O)cc(F)c2)c2c(N)ncnc21. The molecule has 0 radical (unpaired) electrons. The number of halogens is 2. The molecule has 12 rings (SSSR count). The highest BCUT2D eigenvalue weighted by atomic mass is 19.1. The van der Waals surface area contributed by atoms with Crippen LogP contribution in [0, 0.1) is 11.6 Å². The number of pyridine rings is 2. The first-order chi connectivity index (χ1) is 37.6. The van der Waals surface area contributed by atoms with Crippen LogP contribution in [0.15, 0.2) is 159 Å². The Labute approximate surface area is 447 Å². The number of aromatic hydroxyl groups is 2. The Hall–Kier alpha value is -9.52. The van der Waals surface area contributed by atoms with Gasteiger partial charge in [-0.25, -0.2) is 38.1 Å². The van der Waals surface area contributed by atoms with E-state index in [4.69, 9.17) is 21.7 Å². The summed E-state index contributed by atoms with van der Waals surface area (Å²) in [5, 5.41) is 30.9. The summed E-state index contributed by atoms with van der Waals surface area (Å²) in [5.41, 5.74) is 26.1. The Balaban J connectivity index is 0.000000165. The maximum absolute atomic E-state index is 14.3. The fourth-order valence-corrected chi connectivity index (χ4v) is 10.5. The van der Waals surface area contributed by atoms with E-state index in [1.54, 1.807) is 9.36 Å². The van der Waals surface area contributed by atoms with Crippen molar-refractivity contribution in [2.75, 3.05) is 39.7 Å². The molecule has 392 valence electrons. The lowest BCUT2D eigenvalue weighted by molar-refractivity contribution is 0.402. The maximum Gasteiger partial charge on any atom is 0.164 e. The second kappa shape index (κ2) is 20.5. The number of hydrogen-bond acceptors (Lipinski definition) is 12. The highest BCUT2D eigenvalue weighted by molar-refractivity contribution is 5.99. The molecule has 0 fully saturated rings. The van der Waals surface area contributed by atoms with Crippen LogP contribution in [-0.2, 0) is 13.1 Å². The number of nitrogens with zero attached hydrogens (tertiary/aromatic N) is 12. The zero-order chi connectivity index (χ0) is 54.5. The summed E-state index contributed by atoms with van der Waals surface area (Å²) >= 11 is 0. The molecule has 0 amide bonds. The van der Waals surface area contributed by atoms with Gasteiger partial charge in [-0.05, 0) is 137 Å². The number of phenols is 2. The molecule has 78 heavy (non-hydrogen) atoms. The van der Waals surface area contributed by atoms with Crippen LogP contribution in [0.4, 0.5) is 20.4 Å². The smallest absolute Gasteiger partial charge is 0.164 e. The van der Waals surface area contributed by atoms with E-state index < -0.39 is 11.6 Å². The van der Waals surface area contributed by atoms with Crippen molar-refractivity contribution in [3.63, 3.8) is 0 Å². The third kappa shape index (κ3) is 9.58. The van der Waals surface area contributed by atoms with E-state index in [2.05, 4.69) is 166 Å². The van der Waals surface area contributed by atoms with Crippen molar-refractivity contribution in [2.45, 2.75) is 39.0 Å². The Morgan fingerprint density at radius 3 is 1.32 bits per heavy atom. The second-order valence-electron chi connectivity index (χ2n) is 20.0. The van der Waals surface area contributed by atoms with Crippen molar-refractivity contribution in [1.82, 2.24) is 58.1 Å². The van der Waals surface area contributed by atoms with Crippen molar-refractivity contribution >= 4 is 44.7 Å². The van der Waals surface area contributed by atoms with Crippen molar-refractivity contribution in [3.8, 4) is 56.5 Å². The van der Waals surface area contributed by atoms with E-state index in [-0.39, 0.29) is 35.2 Å². The van der Waals surface area contributed by atoms with Gasteiger partial charge in [-0.1, -0.05) is 48.5 Å². The number of phenolic OH excluding ortho intramolecular Hbond substituents is 2. The van der Waals surface area contributed by atoms with E-state index in [0.717, 1.165) is 69.9 Å². The predicted octanol–water partition coefficient (Wildman–Crippen LogP) is 11.0. The molecular weight excluding hydrogens is 987 g/mol. The fourth-order valence-electron chi connectivity index (χ4n) is 10.5. The molecule has 0 aliphatic rings. The van der Waals surface area contributed by atoms with Gasteiger partial charge in [0.25, 0.3) is 0 Å². The highest BCUT2D eigenvalue weighted by Crippen LogP contribution is 2.41. The normalized spacial score (nSPS) is 12.5. The molecule has 8 aromatic heterocycles. The number of aromatic nitrogens is 10. The van der Waals surface area contributed by atoms with Crippen LogP contribution >= 0.6 is 0 Å². The fraction of sp³-hybridized carbons (Fsp3) is 0.167. The topological polar surface area (TPSA) is 195 Å². The minimum atomic E-state index is -0.574. The lowest BCUT2D eigenvalue weighted by Crippen LogP contribution is -2.11. The number of hydrogen-bond donors (Lipinski definition) is 4. The third-order valence-electron chi connectivity index (χ3n) is 13.8. The lowest BCUT2D eigenvalue weighted by Gasteiger charge is -2.16. The van der Waals surface area contributed by atoms with Crippen molar-refractivity contribution in [1.29, 1.82) is 0 Å². The van der Waals surface area contributed by atoms with E-state index >= 15 is 0 Å². The van der Waals surface area contributed by atoms with Crippen LogP contribution in [0.1, 0.15) is 48.2 Å². The molecule has 0 aliphatic heterocycles. The lowest BCUT2D eigenvalue weighted by atomic mass is 10.0. The van der Waals surface area contributed by atoms with E-state index in [1.165, 1.54) is 48.0 Å². The van der Waals surface area contributed by atoms with Gasteiger partial charge in [0.2, 0.25) is 0 Å². The van der Waals surface area contributed by atoms with Crippen LogP contribution in [0.5, 0.6) is 11.5 Å². The monoisotopic (exact) mass is 1040 g/mol. The van der Waals surface area contributed by atoms with Gasteiger partial charge in [-0.2, -0.15) is 10.2 Å². The molecule has 18 heteroatoms. The number of nitrogens with two attached hydrogens (primary N) is 2. The van der Waals surface area contributed by atoms with Crippen molar-refractivity contribution in [2.24, 2.45) is 0 Å². The van der Waals surface area contributed by atoms with Gasteiger partial charge in [0.1, 0.15) is 58.8 Å². The molecule has 4 aromatic carbocycles. The minimum Gasteiger partial charge on any atom is -0.508 e. The van der Waals surface area contributed by atoms with Crippen molar-refractivity contribution < 1.29 is 19.0 Å². The summed E-state index contributed by atoms with van der Waals surface area (Å²) in [6.45, 7) is 5.76. The Kier molecular flexibility index (Phi) is 13.3. The van der Waals surface area contributed by atoms with Gasteiger partial charge in [0.15, 0.2) is 11.3 Å². The maximum atomic E-state index is 14.3. The molecule has 0 unspecified atom stereocenters. The molecule has 16 nitrogen and oxygen atoms in total. The molecule has 2 atom stereocenters. The summed E-state index contributed by atoms with van der Waals surface area (Å²) < 4.78 is 36.5. The molecule has 0 bridgehead atoms. The second-order valence-corrected chi connectivity index (χ2v) is 20.0. The molecule has 0 saturated heterocycles. The molecule has 8 heterocycles. The summed E-state index contributed by atoms with van der Waals surface area (Å²) in [6.07, 6.45) is 6.91.